The Labute approximate surface area is 191 Å². The molecule has 0 unspecified atom stereocenters. The zero-order chi connectivity index (χ0) is 23.2. The van der Waals surface area contributed by atoms with Gasteiger partial charge in [-0.2, -0.15) is 0 Å². The van der Waals surface area contributed by atoms with Gasteiger partial charge in [-0.25, -0.2) is 8.78 Å². The van der Waals surface area contributed by atoms with E-state index in [4.69, 9.17) is 4.42 Å². The summed E-state index contributed by atoms with van der Waals surface area (Å²) >= 11 is 1.09. The maximum Gasteiger partial charge on any atom is 0.269 e. The first-order chi connectivity index (χ1) is 15.9. The van der Waals surface area contributed by atoms with Crippen molar-refractivity contribution in [3.8, 4) is 0 Å². The van der Waals surface area contributed by atoms with Crippen molar-refractivity contribution in [2.75, 3.05) is 22.1 Å². The van der Waals surface area contributed by atoms with Gasteiger partial charge in [0.15, 0.2) is 11.6 Å². The van der Waals surface area contributed by atoms with Crippen molar-refractivity contribution in [2.45, 2.75) is 11.4 Å². The van der Waals surface area contributed by atoms with Crippen molar-refractivity contribution >= 4 is 40.9 Å². The standard InChI is InChI=1S/C23H17F2N3O4S/c24-17-8-7-14(10-18(17)25)28-21(30)13-33-23(28)16-5-1-2-6-19(16)27(22(23)31)12-20(29)26-11-15-4-3-9-32-15/h1-10H,11-13H2,(H,26,29)/t23-/m0/s1. The fourth-order valence-electron chi connectivity index (χ4n) is 4.13. The maximum absolute atomic E-state index is 14.0. The minimum Gasteiger partial charge on any atom is -0.467 e. The lowest BCUT2D eigenvalue weighted by atomic mass is 10.0. The van der Waals surface area contributed by atoms with E-state index in [1.54, 1.807) is 36.4 Å². The van der Waals surface area contributed by atoms with Crippen LogP contribution in [0.3, 0.4) is 0 Å². The minimum atomic E-state index is -1.51. The van der Waals surface area contributed by atoms with Crippen LogP contribution in [0.15, 0.2) is 65.3 Å². The van der Waals surface area contributed by atoms with Crippen LogP contribution < -0.4 is 15.1 Å². The number of anilines is 2. The van der Waals surface area contributed by atoms with Crippen LogP contribution in [-0.2, 0) is 25.8 Å². The first-order valence-corrected chi connectivity index (χ1v) is 11.0. The van der Waals surface area contributed by atoms with E-state index in [2.05, 4.69) is 5.32 Å². The topological polar surface area (TPSA) is 82.9 Å². The largest absolute Gasteiger partial charge is 0.467 e. The molecule has 1 N–H and O–H groups in total. The van der Waals surface area contributed by atoms with Gasteiger partial charge in [-0.1, -0.05) is 18.2 Å². The lowest BCUT2D eigenvalue weighted by molar-refractivity contribution is -0.125. The number of furan rings is 1. The molecule has 0 bridgehead atoms. The third-order valence-electron chi connectivity index (χ3n) is 5.57. The molecule has 2 aromatic carbocycles. The number of hydrogen-bond acceptors (Lipinski definition) is 5. The highest BCUT2D eigenvalue weighted by Crippen LogP contribution is 2.55. The summed E-state index contributed by atoms with van der Waals surface area (Å²) in [4.78, 5) is 40.3. The molecule has 1 atom stereocenters. The average molecular weight is 469 g/mol. The van der Waals surface area contributed by atoms with E-state index in [0.717, 1.165) is 23.9 Å². The summed E-state index contributed by atoms with van der Waals surface area (Å²) in [6.07, 6.45) is 1.49. The molecule has 1 fully saturated rings. The van der Waals surface area contributed by atoms with Crippen molar-refractivity contribution in [3.63, 3.8) is 0 Å². The number of nitrogens with zero attached hydrogens (tertiary/aromatic N) is 2. The number of carbonyl (C=O) groups excluding carboxylic acids is 3. The normalized spacial score (nSPS) is 19.5. The van der Waals surface area contributed by atoms with Crippen LogP contribution in [0, 0.1) is 11.6 Å². The SMILES string of the molecule is O=C(CN1C(=O)[C@@]2(SCC(=O)N2c2ccc(F)c(F)c2)c2ccccc21)NCc1ccco1. The monoisotopic (exact) mass is 469 g/mol. The molecule has 3 amide bonds. The summed E-state index contributed by atoms with van der Waals surface area (Å²) in [5.41, 5.74) is 1.05. The number of fused-ring (bicyclic) bond motifs is 2. The number of thioether (sulfide) groups is 1. The van der Waals surface area contributed by atoms with Gasteiger partial charge in [0, 0.05) is 17.3 Å². The predicted octanol–water partition coefficient (Wildman–Crippen LogP) is 3.15. The summed E-state index contributed by atoms with van der Waals surface area (Å²) < 4.78 is 32.7. The van der Waals surface area contributed by atoms with Crippen LogP contribution in [0.25, 0.3) is 0 Å². The molecular formula is C23H17F2N3O4S. The molecule has 7 nitrogen and oxygen atoms in total. The van der Waals surface area contributed by atoms with Gasteiger partial charge >= 0.3 is 0 Å². The lowest BCUT2D eigenvalue weighted by Crippen LogP contribution is -2.51. The van der Waals surface area contributed by atoms with Crippen LogP contribution in [0.1, 0.15) is 11.3 Å². The molecule has 5 rings (SSSR count). The zero-order valence-corrected chi connectivity index (χ0v) is 17.9. The Morgan fingerprint density at radius 3 is 2.67 bits per heavy atom. The molecule has 168 valence electrons. The van der Waals surface area contributed by atoms with Crippen molar-refractivity contribution < 1.29 is 27.6 Å². The number of carbonyl (C=O) groups is 3. The fourth-order valence-corrected chi connectivity index (χ4v) is 5.49. The first-order valence-electron chi connectivity index (χ1n) is 10.0. The van der Waals surface area contributed by atoms with E-state index in [0.29, 0.717) is 17.0 Å². The van der Waals surface area contributed by atoms with E-state index in [9.17, 15) is 23.2 Å². The summed E-state index contributed by atoms with van der Waals surface area (Å²) in [7, 11) is 0. The molecule has 33 heavy (non-hydrogen) atoms. The van der Waals surface area contributed by atoms with E-state index < -0.39 is 34.2 Å². The number of hydrogen-bond donors (Lipinski definition) is 1. The van der Waals surface area contributed by atoms with Crippen LogP contribution in [0.4, 0.5) is 20.2 Å². The molecule has 0 radical (unpaired) electrons. The van der Waals surface area contributed by atoms with E-state index in [1.807, 2.05) is 0 Å². The quantitative estimate of drug-likeness (QED) is 0.621. The van der Waals surface area contributed by atoms with Gasteiger partial charge in [0.25, 0.3) is 5.91 Å². The summed E-state index contributed by atoms with van der Waals surface area (Å²) in [5.74, 6) is -2.98. The Morgan fingerprint density at radius 2 is 1.91 bits per heavy atom. The molecule has 1 saturated heterocycles. The Balaban J connectivity index is 1.50. The van der Waals surface area contributed by atoms with Crippen molar-refractivity contribution in [1.82, 2.24) is 5.32 Å². The van der Waals surface area contributed by atoms with E-state index >= 15 is 0 Å². The summed E-state index contributed by atoms with van der Waals surface area (Å²) in [5, 5.41) is 2.70. The van der Waals surface area contributed by atoms with Crippen LogP contribution in [0.2, 0.25) is 0 Å². The molecule has 2 aliphatic rings. The lowest BCUT2D eigenvalue weighted by Gasteiger charge is -2.33. The molecular weight excluding hydrogens is 452 g/mol. The van der Waals surface area contributed by atoms with Crippen molar-refractivity contribution in [3.05, 3.63) is 83.8 Å². The van der Waals surface area contributed by atoms with Crippen LogP contribution >= 0.6 is 11.8 Å². The second kappa shape index (κ2) is 8.04. The van der Waals surface area contributed by atoms with Gasteiger partial charge in [0.05, 0.1) is 24.2 Å². The fraction of sp³-hybridized carbons (Fsp3) is 0.174. The molecule has 0 aliphatic carbocycles. The van der Waals surface area contributed by atoms with Gasteiger partial charge in [-0.3, -0.25) is 24.2 Å². The number of benzene rings is 2. The second-order valence-corrected chi connectivity index (χ2v) is 8.69. The number of nitrogens with one attached hydrogen (secondary N) is 1. The summed E-state index contributed by atoms with van der Waals surface area (Å²) in [6, 6.07) is 13.3. The van der Waals surface area contributed by atoms with Crippen LogP contribution in [0.5, 0.6) is 0 Å². The predicted molar refractivity (Wildman–Crippen MR) is 117 cm³/mol. The maximum atomic E-state index is 14.0. The Bertz CT molecular complexity index is 1270. The Hall–Kier alpha value is -3.66. The number of rotatable bonds is 5. The van der Waals surface area contributed by atoms with Gasteiger partial charge in [0.1, 0.15) is 12.3 Å². The highest BCUT2D eigenvalue weighted by atomic mass is 32.2. The molecule has 1 aromatic heterocycles. The number of halogens is 2. The van der Waals surface area contributed by atoms with Crippen molar-refractivity contribution in [1.29, 1.82) is 0 Å². The smallest absolute Gasteiger partial charge is 0.269 e. The second-order valence-electron chi connectivity index (χ2n) is 7.52. The van der Waals surface area contributed by atoms with Crippen LogP contribution in [-0.4, -0.2) is 30.0 Å². The highest BCUT2D eigenvalue weighted by molar-refractivity contribution is 8.02. The average Bonchev–Trinajstić information content (AvgIpc) is 3.50. The Morgan fingerprint density at radius 1 is 1.09 bits per heavy atom. The molecule has 2 aliphatic heterocycles. The third-order valence-corrected chi connectivity index (χ3v) is 6.95. The molecule has 10 heteroatoms. The zero-order valence-electron chi connectivity index (χ0n) is 17.1. The van der Waals surface area contributed by atoms with Gasteiger partial charge < -0.3 is 9.73 Å². The van der Waals surface area contributed by atoms with E-state index in [-0.39, 0.29) is 24.5 Å². The third kappa shape index (κ3) is 3.37. The van der Waals surface area contributed by atoms with Gasteiger partial charge in [-0.15, -0.1) is 11.8 Å². The van der Waals surface area contributed by atoms with Crippen molar-refractivity contribution in [2.24, 2.45) is 0 Å². The highest BCUT2D eigenvalue weighted by Gasteiger charge is 2.61. The number of amides is 3. The van der Waals surface area contributed by atoms with Gasteiger partial charge in [0.2, 0.25) is 16.7 Å². The van der Waals surface area contributed by atoms with E-state index in [1.165, 1.54) is 22.1 Å². The van der Waals surface area contributed by atoms with Gasteiger partial charge in [-0.05, 0) is 30.3 Å². The first kappa shape index (κ1) is 21.2. The minimum absolute atomic E-state index is 0.0302. The molecule has 0 saturated carbocycles. The molecule has 3 heterocycles. The molecule has 1 spiro atoms. The molecule has 3 aromatic rings. The Kier molecular flexibility index (Phi) is 5.16. The summed E-state index contributed by atoms with van der Waals surface area (Å²) in [6.45, 7) is -0.118. The number of para-hydroxylation sites is 1.